The maximum Gasteiger partial charge on any atom is 0.237 e. The van der Waals surface area contributed by atoms with Gasteiger partial charge >= 0.3 is 0 Å². The third kappa shape index (κ3) is 4.06. The molecule has 30 heavy (non-hydrogen) atoms. The van der Waals surface area contributed by atoms with Gasteiger partial charge in [0, 0.05) is 10.9 Å². The van der Waals surface area contributed by atoms with Gasteiger partial charge in [-0.05, 0) is 31.5 Å². The molecule has 0 aliphatic carbocycles. The minimum atomic E-state index is -0.402. The average Bonchev–Trinajstić information content (AvgIpc) is 3.20. The van der Waals surface area contributed by atoms with E-state index in [-0.39, 0.29) is 5.91 Å². The summed E-state index contributed by atoms with van der Waals surface area (Å²) >= 11 is 2.96. The Labute approximate surface area is 182 Å². The highest BCUT2D eigenvalue weighted by molar-refractivity contribution is 8.00. The molecule has 2 heterocycles. The van der Waals surface area contributed by atoms with Gasteiger partial charge in [-0.15, -0.1) is 11.3 Å². The first-order valence-corrected chi connectivity index (χ1v) is 11.1. The Morgan fingerprint density at radius 1 is 1.17 bits per heavy atom. The number of para-hydroxylation sites is 1. The molecule has 148 valence electrons. The third-order valence-electron chi connectivity index (χ3n) is 4.66. The Morgan fingerprint density at radius 2 is 1.93 bits per heavy atom. The van der Waals surface area contributed by atoms with Gasteiger partial charge in [-0.3, -0.25) is 4.79 Å². The minimum absolute atomic E-state index is 0.179. The zero-order chi connectivity index (χ0) is 21.1. The number of anilines is 1. The van der Waals surface area contributed by atoms with Crippen molar-refractivity contribution in [2.45, 2.75) is 24.1 Å². The number of carbonyl (C=O) groups is 1. The van der Waals surface area contributed by atoms with Crippen molar-refractivity contribution in [1.29, 1.82) is 5.26 Å². The highest BCUT2D eigenvalue weighted by atomic mass is 32.2. The van der Waals surface area contributed by atoms with Crippen molar-refractivity contribution < 1.29 is 4.79 Å². The predicted octanol–water partition coefficient (Wildman–Crippen LogP) is 5.66. The number of carbonyl (C=O) groups excluding carboxylic acids is 1. The number of hydrogen-bond acceptors (Lipinski definition) is 6. The average molecular weight is 431 g/mol. The molecule has 0 fully saturated rings. The summed E-state index contributed by atoms with van der Waals surface area (Å²) in [5, 5.41) is 15.5. The van der Waals surface area contributed by atoms with Crippen LogP contribution in [0.3, 0.4) is 0 Å². The molecular formula is C23H18N4OS2. The van der Waals surface area contributed by atoms with Gasteiger partial charge in [0.25, 0.3) is 0 Å². The normalized spacial score (nSPS) is 11.8. The van der Waals surface area contributed by atoms with Gasteiger partial charge in [0.05, 0.1) is 21.9 Å². The fraction of sp³-hybridized carbons (Fsp3) is 0.130. The van der Waals surface area contributed by atoms with Gasteiger partial charge in [0.2, 0.25) is 5.91 Å². The molecule has 1 unspecified atom stereocenters. The Balaban J connectivity index is 1.62. The summed E-state index contributed by atoms with van der Waals surface area (Å²) in [5.41, 5.74) is 4.32. The number of aryl methyl sites for hydroxylation is 1. The Hall–Kier alpha value is -3.21. The van der Waals surface area contributed by atoms with Gasteiger partial charge < -0.3 is 5.32 Å². The second-order valence-corrected chi connectivity index (χ2v) is 8.97. The van der Waals surface area contributed by atoms with Crippen LogP contribution in [0.25, 0.3) is 21.3 Å². The van der Waals surface area contributed by atoms with Crippen molar-refractivity contribution in [1.82, 2.24) is 9.97 Å². The molecule has 4 aromatic rings. The quantitative estimate of drug-likeness (QED) is 0.327. The van der Waals surface area contributed by atoms with E-state index in [0.29, 0.717) is 11.3 Å². The number of thioether (sulfide) groups is 1. The topological polar surface area (TPSA) is 78.7 Å². The van der Waals surface area contributed by atoms with Crippen LogP contribution in [0.15, 0.2) is 65.3 Å². The van der Waals surface area contributed by atoms with Crippen molar-refractivity contribution in [2.75, 3.05) is 5.32 Å². The standard InChI is InChI=1S/C23H18N4OS2/c1-14-7-9-16(10-8-14)18-12-29-22-20(18)23(26-13-25-22)30-15(2)21(28)27-19-6-4-3-5-17(19)11-24/h3-10,12-13,15H,1-2H3,(H,27,28). The number of fused-ring (bicyclic) bond motifs is 1. The van der Waals surface area contributed by atoms with Crippen molar-refractivity contribution in [3.8, 4) is 17.2 Å². The fourth-order valence-electron chi connectivity index (χ4n) is 3.03. The molecule has 4 rings (SSSR count). The first-order valence-electron chi connectivity index (χ1n) is 9.32. The van der Waals surface area contributed by atoms with Crippen molar-refractivity contribution in [2.24, 2.45) is 0 Å². The Morgan fingerprint density at radius 3 is 2.70 bits per heavy atom. The molecule has 7 heteroatoms. The van der Waals surface area contributed by atoms with Crippen molar-refractivity contribution >= 4 is 44.9 Å². The summed E-state index contributed by atoms with van der Waals surface area (Å²) in [6.45, 7) is 3.89. The van der Waals surface area contributed by atoms with E-state index < -0.39 is 5.25 Å². The van der Waals surface area contributed by atoms with E-state index >= 15 is 0 Å². The number of nitriles is 1. The molecule has 0 saturated carbocycles. The number of thiophene rings is 1. The van der Waals surface area contributed by atoms with E-state index in [1.165, 1.54) is 23.7 Å². The molecule has 0 aliphatic rings. The van der Waals surface area contributed by atoms with Gasteiger partial charge in [-0.25, -0.2) is 9.97 Å². The van der Waals surface area contributed by atoms with Gasteiger partial charge in [0.1, 0.15) is 22.3 Å². The SMILES string of the molecule is Cc1ccc(-c2csc3ncnc(SC(C)C(=O)Nc4ccccc4C#N)c23)cc1. The first-order chi connectivity index (χ1) is 14.6. The van der Waals surface area contributed by atoms with E-state index in [9.17, 15) is 10.1 Å². The molecular weight excluding hydrogens is 412 g/mol. The van der Waals surface area contributed by atoms with E-state index in [0.717, 1.165) is 26.4 Å². The van der Waals surface area contributed by atoms with Crippen LogP contribution in [0, 0.1) is 18.3 Å². The molecule has 0 saturated heterocycles. The van der Waals surface area contributed by atoms with Crippen LogP contribution in [-0.2, 0) is 4.79 Å². The maximum atomic E-state index is 12.8. The van der Waals surface area contributed by atoms with Crippen LogP contribution in [0.2, 0.25) is 0 Å². The fourth-order valence-corrected chi connectivity index (χ4v) is 4.94. The number of benzene rings is 2. The number of amides is 1. The van der Waals surface area contributed by atoms with Gasteiger partial charge in [0.15, 0.2) is 0 Å². The number of rotatable bonds is 5. The molecule has 2 aromatic heterocycles. The third-order valence-corrected chi connectivity index (χ3v) is 6.65. The highest BCUT2D eigenvalue weighted by Gasteiger charge is 2.20. The zero-order valence-electron chi connectivity index (χ0n) is 16.4. The molecule has 0 spiro atoms. The summed E-state index contributed by atoms with van der Waals surface area (Å²) < 4.78 is 0. The lowest BCUT2D eigenvalue weighted by Gasteiger charge is -2.13. The lowest BCUT2D eigenvalue weighted by molar-refractivity contribution is -0.115. The monoisotopic (exact) mass is 430 g/mol. The van der Waals surface area contributed by atoms with E-state index in [2.05, 4.69) is 57.9 Å². The van der Waals surface area contributed by atoms with Crippen molar-refractivity contribution in [3.63, 3.8) is 0 Å². The molecule has 0 aliphatic heterocycles. The summed E-state index contributed by atoms with van der Waals surface area (Å²) in [4.78, 5) is 22.5. The second kappa shape index (κ2) is 8.66. The minimum Gasteiger partial charge on any atom is -0.324 e. The molecule has 5 nitrogen and oxygen atoms in total. The van der Waals surface area contributed by atoms with Crippen LogP contribution in [0.4, 0.5) is 5.69 Å². The molecule has 0 radical (unpaired) electrons. The molecule has 0 bridgehead atoms. The van der Waals surface area contributed by atoms with Gasteiger partial charge in [-0.2, -0.15) is 5.26 Å². The second-order valence-electron chi connectivity index (χ2n) is 6.78. The van der Waals surface area contributed by atoms with E-state index in [1.54, 1.807) is 35.6 Å². The number of nitrogens with zero attached hydrogens (tertiary/aromatic N) is 3. The molecule has 2 aromatic carbocycles. The summed E-state index contributed by atoms with van der Waals surface area (Å²) in [6, 6.07) is 17.4. The van der Waals surface area contributed by atoms with Crippen LogP contribution in [0.5, 0.6) is 0 Å². The highest BCUT2D eigenvalue weighted by Crippen LogP contribution is 2.39. The smallest absolute Gasteiger partial charge is 0.237 e. The van der Waals surface area contributed by atoms with E-state index in [1.807, 2.05) is 6.92 Å². The van der Waals surface area contributed by atoms with Crippen LogP contribution in [0.1, 0.15) is 18.1 Å². The van der Waals surface area contributed by atoms with E-state index in [4.69, 9.17) is 0 Å². The molecule has 1 N–H and O–H groups in total. The lowest BCUT2D eigenvalue weighted by atomic mass is 10.1. The van der Waals surface area contributed by atoms with Crippen molar-refractivity contribution in [3.05, 3.63) is 71.4 Å². The Kier molecular flexibility index (Phi) is 5.79. The predicted molar refractivity (Wildman–Crippen MR) is 123 cm³/mol. The summed E-state index contributed by atoms with van der Waals surface area (Å²) in [5.74, 6) is -0.179. The molecule has 1 atom stereocenters. The summed E-state index contributed by atoms with van der Waals surface area (Å²) in [6.07, 6.45) is 1.54. The maximum absolute atomic E-state index is 12.8. The molecule has 1 amide bonds. The van der Waals surface area contributed by atoms with Gasteiger partial charge in [-0.1, -0.05) is 53.7 Å². The van der Waals surface area contributed by atoms with Crippen LogP contribution >= 0.6 is 23.1 Å². The Bertz CT molecular complexity index is 1260. The number of nitrogens with one attached hydrogen (secondary N) is 1. The number of hydrogen-bond donors (Lipinski definition) is 1. The number of aromatic nitrogens is 2. The lowest BCUT2D eigenvalue weighted by Crippen LogP contribution is -2.23. The van der Waals surface area contributed by atoms with Crippen LogP contribution in [-0.4, -0.2) is 21.1 Å². The van der Waals surface area contributed by atoms with Crippen LogP contribution < -0.4 is 5.32 Å². The zero-order valence-corrected chi connectivity index (χ0v) is 18.1. The summed E-state index contributed by atoms with van der Waals surface area (Å²) in [7, 11) is 0. The first kappa shape index (κ1) is 20.1. The largest absolute Gasteiger partial charge is 0.324 e.